The molecular weight excluding hydrogens is 250 g/mol. The molecule has 0 bridgehead atoms. The summed E-state index contributed by atoms with van der Waals surface area (Å²) < 4.78 is 2.24. The van der Waals surface area contributed by atoms with Gasteiger partial charge in [-0.25, -0.2) is 9.78 Å². The van der Waals surface area contributed by atoms with Gasteiger partial charge in [0, 0.05) is 27.2 Å². The number of anilines is 1. The van der Waals surface area contributed by atoms with Gasteiger partial charge in [0.2, 0.25) is 5.95 Å². The second kappa shape index (κ2) is 5.14. The van der Waals surface area contributed by atoms with Gasteiger partial charge >= 0.3 is 5.69 Å². The van der Waals surface area contributed by atoms with Gasteiger partial charge in [0.25, 0.3) is 5.56 Å². The number of hydrogen-bond acceptors (Lipinski definition) is 7. The van der Waals surface area contributed by atoms with E-state index in [9.17, 15) is 9.59 Å². The van der Waals surface area contributed by atoms with Crippen LogP contribution in [-0.2, 0) is 14.1 Å². The van der Waals surface area contributed by atoms with Crippen LogP contribution in [0.3, 0.4) is 0 Å². The van der Waals surface area contributed by atoms with Gasteiger partial charge in [0.05, 0.1) is 0 Å². The predicted octanol–water partition coefficient (Wildman–Crippen LogP) is -1.95. The minimum atomic E-state index is -0.482. The van der Waals surface area contributed by atoms with Crippen LogP contribution >= 0.6 is 0 Å². The fourth-order valence-electron chi connectivity index (χ4n) is 1.63. The van der Waals surface area contributed by atoms with Crippen LogP contribution in [0.5, 0.6) is 0 Å². The van der Waals surface area contributed by atoms with Crippen molar-refractivity contribution < 1.29 is 0 Å². The molecule has 0 saturated heterocycles. The largest absolute Gasteiger partial charge is 0.352 e. The van der Waals surface area contributed by atoms with E-state index in [4.69, 9.17) is 0 Å². The first kappa shape index (κ1) is 13.1. The summed E-state index contributed by atoms with van der Waals surface area (Å²) in [5.41, 5.74) is -0.645. The van der Waals surface area contributed by atoms with Crippen molar-refractivity contribution in [2.24, 2.45) is 14.1 Å². The lowest BCUT2D eigenvalue weighted by Crippen LogP contribution is -2.38. The van der Waals surface area contributed by atoms with Crippen LogP contribution in [0.25, 0.3) is 11.2 Å². The van der Waals surface area contributed by atoms with Gasteiger partial charge in [0.1, 0.15) is 0 Å². The molecule has 0 amide bonds. The molecule has 0 fully saturated rings. The molecule has 102 valence electrons. The highest BCUT2D eigenvalue weighted by Gasteiger charge is 2.12. The van der Waals surface area contributed by atoms with Crippen LogP contribution in [0.4, 0.5) is 5.95 Å². The molecule has 0 radical (unpaired) electrons. The standard InChI is InChI=1S/C10H15N7O2/c1-11-4-5-12-9-13-6-7(14-15-9)16(2)10(19)17(3)8(6)18/h11H,4-5H2,1-3H3,(H,12,13,15). The van der Waals surface area contributed by atoms with Gasteiger partial charge in [-0.15, -0.1) is 10.2 Å². The van der Waals surface area contributed by atoms with E-state index in [2.05, 4.69) is 25.8 Å². The number of fused-ring (bicyclic) bond motifs is 1. The van der Waals surface area contributed by atoms with Crippen molar-refractivity contribution in [2.75, 3.05) is 25.5 Å². The Morgan fingerprint density at radius 3 is 2.53 bits per heavy atom. The van der Waals surface area contributed by atoms with Crippen LogP contribution in [0.15, 0.2) is 9.59 Å². The van der Waals surface area contributed by atoms with Crippen molar-refractivity contribution >= 4 is 17.1 Å². The maximum atomic E-state index is 12.0. The first-order valence-corrected chi connectivity index (χ1v) is 5.75. The van der Waals surface area contributed by atoms with E-state index >= 15 is 0 Å². The quantitative estimate of drug-likeness (QED) is 0.619. The molecule has 0 spiro atoms. The minimum Gasteiger partial charge on any atom is -0.352 e. The molecule has 2 rings (SSSR count). The molecule has 0 unspecified atom stereocenters. The second-order valence-corrected chi connectivity index (χ2v) is 4.04. The van der Waals surface area contributed by atoms with Crippen molar-refractivity contribution in [3.8, 4) is 0 Å². The van der Waals surface area contributed by atoms with E-state index in [-0.39, 0.29) is 17.1 Å². The Bertz CT molecular complexity index is 718. The Hall–Kier alpha value is -2.29. The first-order valence-electron chi connectivity index (χ1n) is 5.75. The van der Waals surface area contributed by atoms with E-state index in [1.165, 1.54) is 18.7 Å². The average Bonchev–Trinajstić information content (AvgIpc) is 2.43. The molecule has 2 aromatic rings. The number of aryl methyl sites for hydroxylation is 1. The zero-order valence-electron chi connectivity index (χ0n) is 11.0. The molecule has 0 aromatic carbocycles. The summed E-state index contributed by atoms with van der Waals surface area (Å²) in [6.45, 7) is 1.34. The fourth-order valence-corrected chi connectivity index (χ4v) is 1.63. The van der Waals surface area contributed by atoms with E-state index < -0.39 is 11.2 Å². The summed E-state index contributed by atoms with van der Waals surface area (Å²) in [7, 11) is 4.75. The first-order chi connectivity index (χ1) is 9.06. The summed E-state index contributed by atoms with van der Waals surface area (Å²) in [6, 6.07) is 0. The Morgan fingerprint density at radius 1 is 1.11 bits per heavy atom. The lowest BCUT2D eigenvalue weighted by Gasteiger charge is -2.07. The molecule has 2 aromatic heterocycles. The fraction of sp³-hybridized carbons (Fsp3) is 0.500. The van der Waals surface area contributed by atoms with Crippen LogP contribution in [0.1, 0.15) is 0 Å². The maximum absolute atomic E-state index is 12.0. The molecule has 0 aliphatic rings. The molecule has 9 heteroatoms. The monoisotopic (exact) mass is 265 g/mol. The van der Waals surface area contributed by atoms with Crippen molar-refractivity contribution in [1.82, 2.24) is 29.6 Å². The van der Waals surface area contributed by atoms with Gasteiger partial charge in [-0.05, 0) is 7.05 Å². The molecule has 0 atom stereocenters. The molecule has 0 aliphatic carbocycles. The number of nitrogens with zero attached hydrogens (tertiary/aromatic N) is 5. The molecule has 2 N–H and O–H groups in total. The summed E-state index contributed by atoms with van der Waals surface area (Å²) in [4.78, 5) is 27.8. The van der Waals surface area contributed by atoms with E-state index in [1.807, 2.05) is 7.05 Å². The Balaban J connectivity index is 2.54. The summed E-state index contributed by atoms with van der Waals surface area (Å²) in [6.07, 6.45) is 0. The van der Waals surface area contributed by atoms with E-state index in [0.29, 0.717) is 6.54 Å². The lowest BCUT2D eigenvalue weighted by atomic mass is 10.5. The highest BCUT2D eigenvalue weighted by Crippen LogP contribution is 2.02. The summed E-state index contributed by atoms with van der Waals surface area (Å²) >= 11 is 0. The number of nitrogens with one attached hydrogen (secondary N) is 2. The smallest absolute Gasteiger partial charge is 0.332 e. The van der Waals surface area contributed by atoms with Crippen molar-refractivity contribution in [1.29, 1.82) is 0 Å². The summed E-state index contributed by atoms with van der Waals surface area (Å²) in [5, 5.41) is 13.6. The maximum Gasteiger partial charge on any atom is 0.332 e. The second-order valence-electron chi connectivity index (χ2n) is 4.04. The third-order valence-corrected chi connectivity index (χ3v) is 2.73. The molecule has 0 saturated carbocycles. The molecule has 0 aliphatic heterocycles. The minimum absolute atomic E-state index is 0.117. The Labute approximate surface area is 108 Å². The Kier molecular flexibility index (Phi) is 3.56. The zero-order chi connectivity index (χ0) is 14.0. The topological polar surface area (TPSA) is 107 Å². The van der Waals surface area contributed by atoms with Crippen molar-refractivity contribution in [3.05, 3.63) is 20.8 Å². The van der Waals surface area contributed by atoms with Crippen LogP contribution in [-0.4, -0.2) is 44.5 Å². The normalized spacial score (nSPS) is 10.9. The van der Waals surface area contributed by atoms with Crippen LogP contribution in [0, 0.1) is 0 Å². The zero-order valence-corrected chi connectivity index (χ0v) is 11.0. The van der Waals surface area contributed by atoms with Gasteiger partial charge in [-0.2, -0.15) is 0 Å². The van der Waals surface area contributed by atoms with Gasteiger partial charge < -0.3 is 10.6 Å². The van der Waals surface area contributed by atoms with Crippen molar-refractivity contribution in [3.63, 3.8) is 0 Å². The number of aromatic nitrogens is 5. The highest BCUT2D eigenvalue weighted by molar-refractivity contribution is 5.69. The van der Waals surface area contributed by atoms with Crippen LogP contribution in [0.2, 0.25) is 0 Å². The van der Waals surface area contributed by atoms with Gasteiger partial charge in [0.15, 0.2) is 11.2 Å². The lowest BCUT2D eigenvalue weighted by molar-refractivity contribution is 0.698. The highest BCUT2D eigenvalue weighted by atomic mass is 16.2. The number of likely N-dealkylation sites (N-methyl/N-ethyl adjacent to an activating group) is 1. The molecule has 9 nitrogen and oxygen atoms in total. The van der Waals surface area contributed by atoms with E-state index in [1.54, 1.807) is 0 Å². The number of hydrogen-bond donors (Lipinski definition) is 2. The third-order valence-electron chi connectivity index (χ3n) is 2.73. The molecule has 19 heavy (non-hydrogen) atoms. The summed E-state index contributed by atoms with van der Waals surface area (Å²) in [5.74, 6) is 0.262. The van der Waals surface area contributed by atoms with Gasteiger partial charge in [-0.3, -0.25) is 13.9 Å². The van der Waals surface area contributed by atoms with Crippen molar-refractivity contribution in [2.45, 2.75) is 0 Å². The number of rotatable bonds is 4. The third kappa shape index (κ3) is 2.32. The predicted molar refractivity (Wildman–Crippen MR) is 70.2 cm³/mol. The average molecular weight is 265 g/mol. The Morgan fingerprint density at radius 2 is 1.84 bits per heavy atom. The van der Waals surface area contributed by atoms with Crippen LogP contribution < -0.4 is 21.9 Å². The SMILES string of the molecule is CNCCNc1nnc2c(n1)c(=O)n(C)c(=O)n2C. The molecule has 2 heterocycles. The van der Waals surface area contributed by atoms with Gasteiger partial charge in [-0.1, -0.05) is 0 Å². The van der Waals surface area contributed by atoms with E-state index in [0.717, 1.165) is 11.1 Å². The molecular formula is C10H15N7O2.